The summed E-state index contributed by atoms with van der Waals surface area (Å²) < 4.78 is 0. The molecule has 1 rings (SSSR count). The summed E-state index contributed by atoms with van der Waals surface area (Å²) in [5, 5.41) is 18.1. The van der Waals surface area contributed by atoms with Gasteiger partial charge in [-0.15, -0.1) is 0 Å². The lowest BCUT2D eigenvalue weighted by Crippen LogP contribution is -2.02. The summed E-state index contributed by atoms with van der Waals surface area (Å²) in [4.78, 5) is 10.5. The second-order valence-electron chi connectivity index (χ2n) is 3.04. The summed E-state index contributed by atoms with van der Waals surface area (Å²) in [6, 6.07) is 9.24. The van der Waals surface area contributed by atoms with Gasteiger partial charge in [0.15, 0.2) is 0 Å². The lowest BCUT2D eigenvalue weighted by Gasteiger charge is -2.02. The van der Waals surface area contributed by atoms with Crippen molar-refractivity contribution in [1.82, 2.24) is 0 Å². The Labute approximate surface area is 82.3 Å². The van der Waals surface area contributed by atoms with E-state index in [0.29, 0.717) is 0 Å². The van der Waals surface area contributed by atoms with Crippen molar-refractivity contribution in [3.05, 3.63) is 47.2 Å². The molecule has 74 valence electrons. The van der Waals surface area contributed by atoms with Crippen LogP contribution in [0, 0.1) is 0 Å². The molecule has 0 unspecified atom stereocenters. The van der Waals surface area contributed by atoms with Crippen LogP contribution in [0.25, 0.3) is 0 Å². The van der Waals surface area contributed by atoms with Crippen LogP contribution in [-0.4, -0.2) is 16.2 Å². The van der Waals surface area contributed by atoms with Crippen molar-refractivity contribution in [2.24, 2.45) is 0 Å². The van der Waals surface area contributed by atoms with Crippen LogP contribution >= 0.6 is 0 Å². The van der Waals surface area contributed by atoms with Gasteiger partial charge < -0.3 is 10.2 Å². The molecular weight excluding hydrogens is 180 g/mol. The Hall–Kier alpha value is -1.77. The fourth-order valence-corrected chi connectivity index (χ4v) is 1.05. The van der Waals surface area contributed by atoms with Crippen molar-refractivity contribution < 1.29 is 15.0 Å². The van der Waals surface area contributed by atoms with Crippen LogP contribution in [-0.2, 0) is 11.2 Å². The number of hydrogen-bond acceptors (Lipinski definition) is 2. The van der Waals surface area contributed by atoms with Gasteiger partial charge in [-0.2, -0.15) is 0 Å². The van der Waals surface area contributed by atoms with Crippen LogP contribution in [0.2, 0.25) is 0 Å². The first kappa shape index (κ1) is 10.3. The average molecular weight is 192 g/mol. The van der Waals surface area contributed by atoms with E-state index >= 15 is 0 Å². The number of allylic oxidation sites excluding steroid dienone is 1. The van der Waals surface area contributed by atoms with Gasteiger partial charge in [-0.3, -0.25) is 0 Å². The van der Waals surface area contributed by atoms with Crippen LogP contribution in [0.5, 0.6) is 0 Å². The normalized spacial score (nSPS) is 12.1. The van der Waals surface area contributed by atoms with E-state index < -0.39 is 5.97 Å². The molecule has 14 heavy (non-hydrogen) atoms. The highest BCUT2D eigenvalue weighted by atomic mass is 16.4. The van der Waals surface area contributed by atoms with Gasteiger partial charge in [0.2, 0.25) is 0 Å². The average Bonchev–Trinajstić information content (AvgIpc) is 2.18. The molecule has 0 aliphatic heterocycles. The Morgan fingerprint density at radius 2 is 1.79 bits per heavy atom. The van der Waals surface area contributed by atoms with E-state index in [4.69, 9.17) is 5.11 Å². The largest absolute Gasteiger partial charge is 0.511 e. The quantitative estimate of drug-likeness (QED) is 0.569. The number of aliphatic carboxylic acids is 1. The van der Waals surface area contributed by atoms with Crippen molar-refractivity contribution in [3.63, 3.8) is 0 Å². The Balaban J connectivity index is 2.80. The van der Waals surface area contributed by atoms with E-state index in [-0.39, 0.29) is 17.8 Å². The predicted molar refractivity (Wildman–Crippen MR) is 53.1 cm³/mol. The van der Waals surface area contributed by atoms with Crippen LogP contribution in [0.4, 0.5) is 0 Å². The maximum absolute atomic E-state index is 10.5. The van der Waals surface area contributed by atoms with Gasteiger partial charge in [-0.05, 0) is 12.5 Å². The Morgan fingerprint density at radius 3 is 2.29 bits per heavy atom. The van der Waals surface area contributed by atoms with Crippen LogP contribution < -0.4 is 0 Å². The van der Waals surface area contributed by atoms with E-state index in [1.165, 1.54) is 6.92 Å². The Kier molecular flexibility index (Phi) is 3.29. The van der Waals surface area contributed by atoms with E-state index in [2.05, 4.69) is 0 Å². The summed E-state index contributed by atoms with van der Waals surface area (Å²) in [7, 11) is 0. The highest BCUT2D eigenvalue weighted by Crippen LogP contribution is 2.09. The fourth-order valence-electron chi connectivity index (χ4n) is 1.05. The van der Waals surface area contributed by atoms with Crippen molar-refractivity contribution in [2.45, 2.75) is 13.3 Å². The zero-order valence-corrected chi connectivity index (χ0v) is 7.90. The number of rotatable bonds is 3. The highest BCUT2D eigenvalue weighted by molar-refractivity contribution is 5.86. The van der Waals surface area contributed by atoms with Crippen molar-refractivity contribution >= 4 is 5.97 Å². The second kappa shape index (κ2) is 4.46. The van der Waals surface area contributed by atoms with Gasteiger partial charge in [0.05, 0.1) is 5.57 Å². The third-order valence-electron chi connectivity index (χ3n) is 1.97. The van der Waals surface area contributed by atoms with Gasteiger partial charge >= 0.3 is 5.97 Å². The van der Waals surface area contributed by atoms with Gasteiger partial charge in [0.25, 0.3) is 0 Å². The maximum Gasteiger partial charge on any atom is 0.334 e. The molecule has 0 radical (unpaired) electrons. The maximum atomic E-state index is 10.5. The first-order chi connectivity index (χ1) is 6.61. The molecule has 3 heteroatoms. The Morgan fingerprint density at radius 1 is 1.21 bits per heavy atom. The molecule has 0 saturated heterocycles. The lowest BCUT2D eigenvalue weighted by molar-refractivity contribution is -0.132. The van der Waals surface area contributed by atoms with E-state index in [0.717, 1.165) is 5.56 Å². The predicted octanol–water partition coefficient (Wildman–Crippen LogP) is 2.15. The molecule has 0 heterocycles. The van der Waals surface area contributed by atoms with Gasteiger partial charge in [-0.25, -0.2) is 4.79 Å². The Bertz CT molecular complexity index is 352. The molecule has 0 atom stereocenters. The van der Waals surface area contributed by atoms with Crippen LogP contribution in [0.1, 0.15) is 12.5 Å². The monoisotopic (exact) mass is 192 g/mol. The molecule has 0 amide bonds. The summed E-state index contributed by atoms with van der Waals surface area (Å²) in [6.07, 6.45) is 0.263. The van der Waals surface area contributed by atoms with Gasteiger partial charge in [0, 0.05) is 6.42 Å². The molecule has 0 fully saturated rings. The molecule has 1 aromatic carbocycles. The molecule has 0 bridgehead atoms. The third-order valence-corrected chi connectivity index (χ3v) is 1.97. The van der Waals surface area contributed by atoms with Gasteiger partial charge in [-0.1, -0.05) is 30.3 Å². The molecule has 0 saturated carbocycles. The minimum absolute atomic E-state index is 0.00569. The number of carboxylic acids is 1. The summed E-state index contributed by atoms with van der Waals surface area (Å²) >= 11 is 0. The van der Waals surface area contributed by atoms with Crippen molar-refractivity contribution in [1.29, 1.82) is 0 Å². The van der Waals surface area contributed by atoms with Crippen LogP contribution in [0.3, 0.4) is 0 Å². The fraction of sp³-hybridized carbons (Fsp3) is 0.182. The minimum Gasteiger partial charge on any atom is -0.511 e. The molecule has 0 spiro atoms. The lowest BCUT2D eigenvalue weighted by atomic mass is 10.1. The number of aliphatic hydroxyl groups excluding tert-OH is 1. The third kappa shape index (κ3) is 2.62. The number of aliphatic hydroxyl groups is 1. The van der Waals surface area contributed by atoms with Crippen LogP contribution in [0.15, 0.2) is 41.7 Å². The SMILES string of the molecule is CC(C(=O)O)=C(O)Cc1ccccc1. The molecule has 3 nitrogen and oxygen atoms in total. The number of benzene rings is 1. The minimum atomic E-state index is -1.08. The molecule has 0 aromatic heterocycles. The number of carboxylic acid groups (broad SMARTS) is 1. The topological polar surface area (TPSA) is 57.5 Å². The van der Waals surface area contributed by atoms with Crippen molar-refractivity contribution in [3.8, 4) is 0 Å². The molecule has 2 N–H and O–H groups in total. The molecular formula is C11H12O3. The van der Waals surface area contributed by atoms with E-state index in [1.807, 2.05) is 30.3 Å². The number of hydrogen-bond donors (Lipinski definition) is 2. The van der Waals surface area contributed by atoms with Crippen molar-refractivity contribution in [2.75, 3.05) is 0 Å². The molecule has 0 aliphatic carbocycles. The summed E-state index contributed by atoms with van der Waals surface area (Å²) in [5.74, 6) is -1.18. The second-order valence-corrected chi connectivity index (χ2v) is 3.04. The molecule has 1 aromatic rings. The smallest absolute Gasteiger partial charge is 0.334 e. The van der Waals surface area contributed by atoms with Gasteiger partial charge in [0.1, 0.15) is 5.76 Å². The van der Waals surface area contributed by atoms with E-state index in [9.17, 15) is 9.90 Å². The van der Waals surface area contributed by atoms with E-state index in [1.54, 1.807) is 0 Å². The first-order valence-electron chi connectivity index (χ1n) is 4.27. The zero-order valence-electron chi connectivity index (χ0n) is 7.90. The summed E-state index contributed by atoms with van der Waals surface area (Å²) in [5.41, 5.74) is 0.888. The zero-order chi connectivity index (χ0) is 10.6. The highest BCUT2D eigenvalue weighted by Gasteiger charge is 2.08. The summed E-state index contributed by atoms with van der Waals surface area (Å²) in [6.45, 7) is 1.39. The number of carbonyl (C=O) groups is 1. The first-order valence-corrected chi connectivity index (χ1v) is 4.27. The molecule has 0 aliphatic rings. The standard InChI is InChI=1S/C11H12O3/c1-8(11(13)14)10(12)7-9-5-3-2-4-6-9/h2-6,12H,7H2,1H3,(H,13,14).